The molecule has 3 rings (SSSR count). The number of rotatable bonds is 8. The molecule has 0 amide bonds. The summed E-state index contributed by atoms with van der Waals surface area (Å²) >= 11 is 1.43. The smallest absolute Gasteiger partial charge is 0.319 e. The predicted molar refractivity (Wildman–Crippen MR) is 129 cm³/mol. The van der Waals surface area contributed by atoms with Crippen LogP contribution < -0.4 is 0 Å². The van der Waals surface area contributed by atoms with Gasteiger partial charge in [-0.3, -0.25) is 4.79 Å². The molecule has 0 bridgehead atoms. The first-order valence-corrected chi connectivity index (χ1v) is 11.4. The van der Waals surface area contributed by atoms with Gasteiger partial charge in [0.1, 0.15) is 5.25 Å². The highest BCUT2D eigenvalue weighted by Gasteiger charge is 2.43. The zero-order chi connectivity index (χ0) is 22.5. The van der Waals surface area contributed by atoms with Gasteiger partial charge in [0, 0.05) is 0 Å². The van der Waals surface area contributed by atoms with Crippen LogP contribution in [0.25, 0.3) is 0 Å². The van der Waals surface area contributed by atoms with E-state index in [1.165, 1.54) is 11.8 Å². The molecule has 0 aliphatic rings. The van der Waals surface area contributed by atoms with Crippen LogP contribution >= 0.6 is 11.8 Å². The second-order valence-electron chi connectivity index (χ2n) is 8.59. The van der Waals surface area contributed by atoms with Crippen LogP contribution in [0.5, 0.6) is 0 Å². The number of hydrogen-bond acceptors (Lipinski definition) is 3. The van der Waals surface area contributed by atoms with E-state index in [0.29, 0.717) is 0 Å². The quantitative estimate of drug-likeness (QED) is 0.419. The summed E-state index contributed by atoms with van der Waals surface area (Å²) in [6.45, 7) is 7.70. The average molecular weight is 435 g/mol. The summed E-state index contributed by atoms with van der Waals surface area (Å²) < 4.78 is 5.41. The highest BCUT2D eigenvalue weighted by Crippen LogP contribution is 2.51. The van der Waals surface area contributed by atoms with Crippen molar-refractivity contribution in [3.8, 4) is 0 Å². The van der Waals surface area contributed by atoms with Crippen LogP contribution in [0.2, 0.25) is 0 Å². The van der Waals surface area contributed by atoms with Crippen molar-refractivity contribution in [2.24, 2.45) is 0 Å². The maximum absolute atomic E-state index is 12.5. The summed E-state index contributed by atoms with van der Waals surface area (Å²) in [7, 11) is 0. The Labute approximate surface area is 189 Å². The van der Waals surface area contributed by atoms with E-state index in [2.05, 4.69) is 36.4 Å². The fourth-order valence-electron chi connectivity index (χ4n) is 3.88. The molecule has 3 nitrogen and oxygen atoms in total. The molecule has 0 saturated heterocycles. The molecule has 0 fully saturated rings. The molecule has 2 unspecified atom stereocenters. The van der Waals surface area contributed by atoms with Crippen LogP contribution in [0, 0.1) is 0 Å². The van der Waals surface area contributed by atoms with E-state index >= 15 is 0 Å². The molecule has 3 aromatic carbocycles. The standard InChI is InChI=1S/C27H30O3S/c1-20(30-26(2,3)4)24(25(28)29)31-27(21-14-8-5-9-15-21,22-16-10-6-11-17-22)23-18-12-7-13-19-23/h5-20,24H,1-4H3,(H,28,29). The normalized spacial score (nSPS) is 14.1. The predicted octanol–water partition coefficient (Wildman–Crippen LogP) is 6.37. The average Bonchev–Trinajstić information content (AvgIpc) is 2.75. The second kappa shape index (κ2) is 9.71. The maximum Gasteiger partial charge on any atom is 0.319 e. The van der Waals surface area contributed by atoms with Gasteiger partial charge in [-0.2, -0.15) is 0 Å². The minimum absolute atomic E-state index is 0.442. The van der Waals surface area contributed by atoms with Crippen LogP contribution in [0.3, 0.4) is 0 Å². The molecule has 0 heterocycles. The van der Waals surface area contributed by atoms with Crippen molar-refractivity contribution < 1.29 is 14.6 Å². The van der Waals surface area contributed by atoms with Crippen molar-refractivity contribution in [2.45, 2.75) is 49.4 Å². The van der Waals surface area contributed by atoms with E-state index in [4.69, 9.17) is 4.74 Å². The van der Waals surface area contributed by atoms with Gasteiger partial charge < -0.3 is 9.84 Å². The van der Waals surface area contributed by atoms with E-state index in [1.807, 2.05) is 82.3 Å². The second-order valence-corrected chi connectivity index (χ2v) is 9.95. The Balaban J connectivity index is 2.23. The topological polar surface area (TPSA) is 46.5 Å². The molecule has 3 aromatic rings. The number of aliphatic carboxylic acids is 1. The molecule has 0 radical (unpaired) electrons. The third-order valence-corrected chi connectivity index (χ3v) is 6.95. The molecule has 1 N–H and O–H groups in total. The number of carbonyl (C=O) groups is 1. The van der Waals surface area contributed by atoms with Crippen molar-refractivity contribution in [1.82, 2.24) is 0 Å². The Bertz CT molecular complexity index is 869. The Morgan fingerprint density at radius 1 is 0.774 bits per heavy atom. The van der Waals surface area contributed by atoms with Gasteiger partial charge in [-0.15, -0.1) is 11.8 Å². The van der Waals surface area contributed by atoms with Gasteiger partial charge in [0.15, 0.2) is 0 Å². The first kappa shape index (κ1) is 23.1. The van der Waals surface area contributed by atoms with Crippen LogP contribution in [-0.4, -0.2) is 28.0 Å². The zero-order valence-corrected chi connectivity index (χ0v) is 19.3. The van der Waals surface area contributed by atoms with Crippen LogP contribution in [0.4, 0.5) is 0 Å². The number of carboxylic acid groups (broad SMARTS) is 1. The lowest BCUT2D eigenvalue weighted by Crippen LogP contribution is -2.40. The summed E-state index contributed by atoms with van der Waals surface area (Å²) in [4.78, 5) is 12.5. The van der Waals surface area contributed by atoms with Gasteiger partial charge in [-0.25, -0.2) is 0 Å². The number of benzene rings is 3. The molecule has 4 heteroatoms. The summed E-state index contributed by atoms with van der Waals surface area (Å²) in [6, 6.07) is 30.4. The summed E-state index contributed by atoms with van der Waals surface area (Å²) in [5.74, 6) is -0.881. The van der Waals surface area contributed by atoms with Gasteiger partial charge in [-0.05, 0) is 44.4 Å². The van der Waals surface area contributed by atoms with Gasteiger partial charge >= 0.3 is 5.97 Å². The lowest BCUT2D eigenvalue weighted by molar-refractivity contribution is -0.141. The third kappa shape index (κ3) is 5.38. The molecule has 0 spiro atoms. The number of thioether (sulfide) groups is 1. The molecular weight excluding hydrogens is 404 g/mol. The summed E-state index contributed by atoms with van der Waals surface area (Å²) in [6.07, 6.45) is -0.488. The minimum Gasteiger partial charge on any atom is -0.480 e. The molecule has 0 aliphatic carbocycles. The Hall–Kier alpha value is -2.56. The monoisotopic (exact) mass is 434 g/mol. The van der Waals surface area contributed by atoms with Crippen molar-refractivity contribution >= 4 is 17.7 Å². The van der Waals surface area contributed by atoms with Gasteiger partial charge in [0.25, 0.3) is 0 Å². The molecule has 162 valence electrons. The van der Waals surface area contributed by atoms with Crippen LogP contribution in [0.1, 0.15) is 44.4 Å². The van der Waals surface area contributed by atoms with Crippen LogP contribution in [0.15, 0.2) is 91.0 Å². The Morgan fingerprint density at radius 2 is 1.13 bits per heavy atom. The number of hydrogen-bond donors (Lipinski definition) is 1. The third-order valence-electron chi connectivity index (χ3n) is 5.05. The minimum atomic E-state index is -0.881. The SMILES string of the molecule is CC(OC(C)(C)C)C(SC(c1ccccc1)(c1ccccc1)c1ccccc1)C(=O)O. The summed E-state index contributed by atoms with van der Waals surface area (Å²) in [5.41, 5.74) is 2.66. The van der Waals surface area contributed by atoms with Crippen molar-refractivity contribution in [3.05, 3.63) is 108 Å². The fourth-order valence-corrected chi connectivity index (χ4v) is 5.43. The van der Waals surface area contributed by atoms with Crippen molar-refractivity contribution in [2.75, 3.05) is 0 Å². The van der Waals surface area contributed by atoms with E-state index in [-0.39, 0.29) is 0 Å². The highest BCUT2D eigenvalue weighted by atomic mass is 32.2. The fraction of sp³-hybridized carbons (Fsp3) is 0.296. The first-order chi connectivity index (χ1) is 14.7. The largest absolute Gasteiger partial charge is 0.480 e. The summed E-state index contributed by atoms with van der Waals surface area (Å²) in [5, 5.41) is 9.47. The molecular formula is C27H30O3S. The van der Waals surface area contributed by atoms with Crippen molar-refractivity contribution in [3.63, 3.8) is 0 Å². The highest BCUT2D eigenvalue weighted by molar-refractivity contribution is 8.02. The molecule has 31 heavy (non-hydrogen) atoms. The van der Waals surface area contributed by atoms with E-state index in [1.54, 1.807) is 0 Å². The molecule has 0 aliphatic heterocycles. The van der Waals surface area contributed by atoms with Gasteiger partial charge in [0.2, 0.25) is 0 Å². The lowest BCUT2D eigenvalue weighted by Gasteiger charge is -2.39. The zero-order valence-electron chi connectivity index (χ0n) is 18.5. The van der Waals surface area contributed by atoms with E-state index < -0.39 is 27.7 Å². The molecule has 0 saturated carbocycles. The maximum atomic E-state index is 12.5. The molecule has 2 atom stereocenters. The van der Waals surface area contributed by atoms with Crippen LogP contribution in [-0.2, 0) is 14.3 Å². The molecule has 0 aromatic heterocycles. The van der Waals surface area contributed by atoms with E-state index in [0.717, 1.165) is 16.7 Å². The Kier molecular flexibility index (Phi) is 7.24. The van der Waals surface area contributed by atoms with Gasteiger partial charge in [0.05, 0.1) is 16.5 Å². The lowest BCUT2D eigenvalue weighted by atomic mass is 9.84. The van der Waals surface area contributed by atoms with E-state index in [9.17, 15) is 9.90 Å². The first-order valence-electron chi connectivity index (χ1n) is 10.5. The van der Waals surface area contributed by atoms with Gasteiger partial charge in [-0.1, -0.05) is 91.0 Å². The Morgan fingerprint density at radius 3 is 1.42 bits per heavy atom. The van der Waals surface area contributed by atoms with Crippen molar-refractivity contribution in [1.29, 1.82) is 0 Å². The number of carboxylic acids is 1. The number of ether oxygens (including phenoxy) is 1.